The lowest BCUT2D eigenvalue weighted by atomic mass is 10.3. The van der Waals surface area contributed by atoms with Crippen molar-refractivity contribution >= 4 is 11.6 Å². The number of hydrogen-bond donors (Lipinski definition) is 1. The normalized spacial score (nSPS) is 18.6. The van der Waals surface area contributed by atoms with Gasteiger partial charge in [-0.05, 0) is 26.4 Å². The zero-order chi connectivity index (χ0) is 11.4. The van der Waals surface area contributed by atoms with Crippen molar-refractivity contribution in [2.24, 2.45) is 0 Å². The van der Waals surface area contributed by atoms with Gasteiger partial charge in [0.15, 0.2) is 0 Å². The van der Waals surface area contributed by atoms with Crippen molar-refractivity contribution in [3.63, 3.8) is 0 Å². The van der Waals surface area contributed by atoms with Gasteiger partial charge in [-0.15, -0.1) is 0 Å². The van der Waals surface area contributed by atoms with E-state index >= 15 is 0 Å². The Balaban J connectivity index is 2.03. The third-order valence-electron chi connectivity index (χ3n) is 3.00. The number of halogens is 1. The van der Waals surface area contributed by atoms with Gasteiger partial charge >= 0.3 is 0 Å². The summed E-state index contributed by atoms with van der Waals surface area (Å²) in [5, 5.41) is 8.46. The van der Waals surface area contributed by atoms with E-state index in [1.165, 1.54) is 6.42 Å². The summed E-state index contributed by atoms with van der Waals surface area (Å²) in [5.74, 6) is 0. The molecule has 0 spiro atoms. The average molecular weight is 243 g/mol. The number of nitrogens with zero attached hydrogens (tertiary/aromatic N) is 3. The van der Waals surface area contributed by atoms with Crippen LogP contribution in [0.2, 0.25) is 5.02 Å². The number of aromatic nitrogens is 2. The van der Waals surface area contributed by atoms with Gasteiger partial charge in [0.1, 0.15) is 0 Å². The van der Waals surface area contributed by atoms with Gasteiger partial charge in [-0.3, -0.25) is 9.58 Å². The molecule has 0 unspecified atom stereocenters. The zero-order valence-corrected chi connectivity index (χ0v) is 10.5. The summed E-state index contributed by atoms with van der Waals surface area (Å²) in [6.07, 6.45) is 2.95. The summed E-state index contributed by atoms with van der Waals surface area (Å²) >= 11 is 6.16. The third kappa shape index (κ3) is 2.75. The van der Waals surface area contributed by atoms with Crippen LogP contribution >= 0.6 is 11.6 Å². The van der Waals surface area contributed by atoms with Gasteiger partial charge in [0.2, 0.25) is 0 Å². The first-order valence-corrected chi connectivity index (χ1v) is 6.32. The molecule has 1 aliphatic rings. The number of hydrogen-bond acceptors (Lipinski definition) is 3. The fourth-order valence-electron chi connectivity index (χ4n) is 2.09. The van der Waals surface area contributed by atoms with Gasteiger partial charge in [0, 0.05) is 26.2 Å². The molecule has 0 radical (unpaired) electrons. The van der Waals surface area contributed by atoms with Crippen LogP contribution in [-0.4, -0.2) is 40.9 Å². The fraction of sp³-hybridized carbons (Fsp3) is 0.727. The highest BCUT2D eigenvalue weighted by molar-refractivity contribution is 6.31. The lowest BCUT2D eigenvalue weighted by molar-refractivity contribution is 0.275. The van der Waals surface area contributed by atoms with E-state index in [2.05, 4.69) is 22.2 Å². The van der Waals surface area contributed by atoms with E-state index in [1.807, 2.05) is 4.68 Å². The molecular weight excluding hydrogens is 224 g/mol. The summed E-state index contributed by atoms with van der Waals surface area (Å²) in [6, 6.07) is 0. The molecule has 1 aliphatic heterocycles. The van der Waals surface area contributed by atoms with E-state index in [4.69, 9.17) is 11.6 Å². The highest BCUT2D eigenvalue weighted by Gasteiger charge is 2.14. The summed E-state index contributed by atoms with van der Waals surface area (Å²) in [5.41, 5.74) is 1.14. The average Bonchev–Trinajstić information content (AvgIpc) is 2.52. The Kier molecular flexibility index (Phi) is 4.21. The van der Waals surface area contributed by atoms with Crippen LogP contribution in [0.4, 0.5) is 0 Å². The van der Waals surface area contributed by atoms with Gasteiger partial charge in [0.25, 0.3) is 0 Å². The largest absolute Gasteiger partial charge is 0.315 e. The Morgan fingerprint density at radius 2 is 2.31 bits per heavy atom. The Morgan fingerprint density at radius 1 is 1.44 bits per heavy atom. The van der Waals surface area contributed by atoms with Crippen molar-refractivity contribution in [1.29, 1.82) is 0 Å². The molecule has 0 aromatic carbocycles. The number of rotatable bonds is 3. The second-order valence-electron chi connectivity index (χ2n) is 4.13. The summed E-state index contributed by atoms with van der Waals surface area (Å²) in [7, 11) is 0. The second-order valence-corrected chi connectivity index (χ2v) is 4.54. The van der Waals surface area contributed by atoms with E-state index in [-0.39, 0.29) is 0 Å². The highest BCUT2D eigenvalue weighted by Crippen LogP contribution is 2.17. The van der Waals surface area contributed by atoms with Crippen LogP contribution in [-0.2, 0) is 13.1 Å². The van der Waals surface area contributed by atoms with Crippen molar-refractivity contribution in [3.05, 3.63) is 16.9 Å². The SMILES string of the molecule is CCn1ncc(Cl)c1CN1CCCNCC1. The minimum Gasteiger partial charge on any atom is -0.315 e. The fourth-order valence-corrected chi connectivity index (χ4v) is 2.29. The molecule has 0 amide bonds. The third-order valence-corrected chi connectivity index (χ3v) is 3.32. The Hall–Kier alpha value is -0.580. The first kappa shape index (κ1) is 11.9. The topological polar surface area (TPSA) is 33.1 Å². The molecule has 1 saturated heterocycles. The molecule has 1 fully saturated rings. The molecule has 90 valence electrons. The first-order chi connectivity index (χ1) is 7.81. The lowest BCUT2D eigenvalue weighted by Gasteiger charge is -2.20. The van der Waals surface area contributed by atoms with Crippen molar-refractivity contribution in [2.45, 2.75) is 26.4 Å². The molecule has 16 heavy (non-hydrogen) atoms. The first-order valence-electron chi connectivity index (χ1n) is 5.94. The Bertz CT molecular complexity index is 329. The summed E-state index contributed by atoms with van der Waals surface area (Å²) in [6.45, 7) is 8.30. The molecule has 2 heterocycles. The monoisotopic (exact) mass is 242 g/mol. The number of nitrogens with one attached hydrogen (secondary N) is 1. The van der Waals surface area contributed by atoms with Crippen LogP contribution < -0.4 is 5.32 Å². The van der Waals surface area contributed by atoms with E-state index in [1.54, 1.807) is 6.20 Å². The van der Waals surface area contributed by atoms with Crippen molar-refractivity contribution < 1.29 is 0 Å². The van der Waals surface area contributed by atoms with E-state index in [9.17, 15) is 0 Å². The van der Waals surface area contributed by atoms with Crippen LogP contribution in [0.1, 0.15) is 19.0 Å². The van der Waals surface area contributed by atoms with Crippen LogP contribution in [0.3, 0.4) is 0 Å². The van der Waals surface area contributed by atoms with Crippen molar-refractivity contribution in [2.75, 3.05) is 26.2 Å². The van der Waals surface area contributed by atoms with Gasteiger partial charge in [-0.25, -0.2) is 0 Å². The lowest BCUT2D eigenvalue weighted by Crippen LogP contribution is -2.28. The minimum atomic E-state index is 0.791. The number of aryl methyl sites for hydroxylation is 1. The molecule has 2 rings (SSSR count). The van der Waals surface area contributed by atoms with E-state index in [0.717, 1.165) is 50.0 Å². The molecule has 1 aromatic heterocycles. The van der Waals surface area contributed by atoms with E-state index < -0.39 is 0 Å². The quantitative estimate of drug-likeness (QED) is 0.869. The molecule has 1 aromatic rings. The molecule has 5 heteroatoms. The molecule has 0 aliphatic carbocycles. The summed E-state index contributed by atoms with van der Waals surface area (Å²) in [4.78, 5) is 2.44. The Morgan fingerprint density at radius 3 is 3.12 bits per heavy atom. The Labute approximate surface area is 102 Å². The predicted molar refractivity (Wildman–Crippen MR) is 65.7 cm³/mol. The van der Waals surface area contributed by atoms with Crippen LogP contribution in [0.5, 0.6) is 0 Å². The molecule has 1 N–H and O–H groups in total. The smallest absolute Gasteiger partial charge is 0.0831 e. The zero-order valence-electron chi connectivity index (χ0n) is 9.75. The van der Waals surface area contributed by atoms with Crippen molar-refractivity contribution in [3.8, 4) is 0 Å². The van der Waals surface area contributed by atoms with Crippen LogP contribution in [0, 0.1) is 0 Å². The van der Waals surface area contributed by atoms with Gasteiger partial charge in [0.05, 0.1) is 16.9 Å². The standard InChI is InChI=1S/C11H19ClN4/c1-2-16-11(10(12)8-14-16)9-15-6-3-4-13-5-7-15/h8,13H,2-7,9H2,1H3. The molecule has 0 atom stereocenters. The van der Waals surface area contributed by atoms with Crippen molar-refractivity contribution in [1.82, 2.24) is 20.0 Å². The second kappa shape index (κ2) is 5.66. The molecule has 0 bridgehead atoms. The van der Waals surface area contributed by atoms with Gasteiger partial charge in [-0.1, -0.05) is 11.6 Å². The predicted octanol–water partition coefficient (Wildman–Crippen LogP) is 1.35. The minimum absolute atomic E-state index is 0.791. The molecular formula is C11H19ClN4. The van der Waals surface area contributed by atoms with Gasteiger partial charge < -0.3 is 5.32 Å². The van der Waals surface area contributed by atoms with Gasteiger partial charge in [-0.2, -0.15) is 5.10 Å². The van der Waals surface area contributed by atoms with E-state index in [0.29, 0.717) is 0 Å². The highest BCUT2D eigenvalue weighted by atomic mass is 35.5. The van der Waals surface area contributed by atoms with Crippen LogP contribution in [0.15, 0.2) is 6.20 Å². The maximum atomic E-state index is 6.16. The maximum absolute atomic E-state index is 6.16. The molecule has 4 nitrogen and oxygen atoms in total. The maximum Gasteiger partial charge on any atom is 0.0831 e. The van der Waals surface area contributed by atoms with Crippen LogP contribution in [0.25, 0.3) is 0 Å². The molecule has 0 saturated carbocycles. The summed E-state index contributed by atoms with van der Waals surface area (Å²) < 4.78 is 1.99.